The van der Waals surface area contributed by atoms with E-state index in [1.54, 1.807) is 32.1 Å². The van der Waals surface area contributed by atoms with Crippen LogP contribution in [0.3, 0.4) is 0 Å². The maximum Gasteiger partial charge on any atom is 0.0127 e. The van der Waals surface area contributed by atoms with Crippen molar-refractivity contribution in [2.24, 2.45) is 35.5 Å². The average Bonchev–Trinajstić information content (AvgIpc) is 2.64. The van der Waals surface area contributed by atoms with Crippen molar-refractivity contribution in [3.8, 4) is 0 Å². The molecule has 5 rings (SSSR count). The standard InChI is InChI=1S/C17H29N/c1-10-3-4-16(11(10)2)18-17-14-6-12-5-13(8-14)9-15(17)7-12/h10-18H,3-9H2,1-2H3. The maximum absolute atomic E-state index is 4.14. The van der Waals surface area contributed by atoms with Crippen LogP contribution in [0.5, 0.6) is 0 Å². The van der Waals surface area contributed by atoms with Gasteiger partial charge in [-0.05, 0) is 80.5 Å². The summed E-state index contributed by atoms with van der Waals surface area (Å²) in [5.74, 6) is 6.17. The van der Waals surface area contributed by atoms with Crippen molar-refractivity contribution in [3.63, 3.8) is 0 Å². The molecule has 0 radical (unpaired) electrons. The molecule has 4 bridgehead atoms. The van der Waals surface area contributed by atoms with Crippen LogP contribution in [0.15, 0.2) is 0 Å². The summed E-state index contributed by atoms with van der Waals surface area (Å²) in [6.45, 7) is 4.93. The molecule has 0 spiro atoms. The first kappa shape index (κ1) is 11.8. The Labute approximate surface area is 112 Å². The van der Waals surface area contributed by atoms with Crippen LogP contribution in [0.25, 0.3) is 0 Å². The first-order chi connectivity index (χ1) is 8.70. The quantitative estimate of drug-likeness (QED) is 0.782. The highest BCUT2D eigenvalue weighted by molar-refractivity contribution is 5.03. The second-order valence-corrected chi connectivity index (χ2v) is 8.14. The SMILES string of the molecule is CC1CCC(NC2C3CC4CC(C3)CC2C4)C1C. The molecule has 0 aliphatic heterocycles. The molecular weight excluding hydrogens is 218 g/mol. The van der Waals surface area contributed by atoms with Crippen molar-refractivity contribution in [3.05, 3.63) is 0 Å². The van der Waals surface area contributed by atoms with Gasteiger partial charge in [0.25, 0.3) is 0 Å². The minimum Gasteiger partial charge on any atom is -0.310 e. The highest BCUT2D eigenvalue weighted by atomic mass is 15.0. The monoisotopic (exact) mass is 247 g/mol. The number of hydrogen-bond acceptors (Lipinski definition) is 1. The molecule has 1 N–H and O–H groups in total. The summed E-state index contributed by atoms with van der Waals surface area (Å²) >= 11 is 0. The molecule has 5 saturated carbocycles. The lowest BCUT2D eigenvalue weighted by atomic mass is 9.54. The fourth-order valence-electron chi connectivity index (χ4n) is 6.04. The van der Waals surface area contributed by atoms with Crippen LogP contribution >= 0.6 is 0 Å². The van der Waals surface area contributed by atoms with Gasteiger partial charge in [-0.25, -0.2) is 0 Å². The molecule has 0 saturated heterocycles. The van der Waals surface area contributed by atoms with Crippen LogP contribution < -0.4 is 5.32 Å². The van der Waals surface area contributed by atoms with Gasteiger partial charge in [0.15, 0.2) is 0 Å². The summed E-state index contributed by atoms with van der Waals surface area (Å²) in [6, 6.07) is 1.73. The number of hydrogen-bond donors (Lipinski definition) is 1. The fourth-order valence-corrected chi connectivity index (χ4v) is 6.04. The topological polar surface area (TPSA) is 12.0 Å². The largest absolute Gasteiger partial charge is 0.310 e. The van der Waals surface area contributed by atoms with E-state index in [-0.39, 0.29) is 0 Å². The van der Waals surface area contributed by atoms with Crippen molar-refractivity contribution in [1.82, 2.24) is 5.32 Å². The van der Waals surface area contributed by atoms with Crippen LogP contribution in [-0.4, -0.2) is 12.1 Å². The second-order valence-electron chi connectivity index (χ2n) is 8.14. The Morgan fingerprint density at radius 3 is 1.89 bits per heavy atom. The molecule has 0 aromatic carbocycles. The van der Waals surface area contributed by atoms with Crippen molar-refractivity contribution in [2.75, 3.05) is 0 Å². The van der Waals surface area contributed by atoms with Gasteiger partial charge < -0.3 is 5.32 Å². The first-order valence-corrected chi connectivity index (χ1v) is 8.46. The predicted octanol–water partition coefficient (Wildman–Crippen LogP) is 3.84. The van der Waals surface area contributed by atoms with E-state index < -0.39 is 0 Å². The van der Waals surface area contributed by atoms with Crippen LogP contribution in [0.1, 0.15) is 58.8 Å². The summed E-state index contributed by atoms with van der Waals surface area (Å²) in [4.78, 5) is 0. The Hall–Kier alpha value is -0.0400. The molecular formula is C17H29N. The van der Waals surface area contributed by atoms with Gasteiger partial charge in [0.05, 0.1) is 0 Å². The number of nitrogens with one attached hydrogen (secondary N) is 1. The molecule has 3 unspecified atom stereocenters. The third kappa shape index (κ3) is 1.77. The molecule has 1 nitrogen and oxygen atoms in total. The molecule has 5 fully saturated rings. The minimum absolute atomic E-state index is 0.836. The zero-order valence-corrected chi connectivity index (χ0v) is 12.1. The molecule has 0 aromatic heterocycles. The lowest BCUT2D eigenvalue weighted by molar-refractivity contribution is -0.0193. The van der Waals surface area contributed by atoms with Crippen LogP contribution in [0, 0.1) is 35.5 Å². The summed E-state index contributed by atoms with van der Waals surface area (Å²) in [5, 5.41) is 4.14. The summed E-state index contributed by atoms with van der Waals surface area (Å²) in [6.07, 6.45) is 10.7. The van der Waals surface area contributed by atoms with Crippen LogP contribution in [0.2, 0.25) is 0 Å². The van der Waals surface area contributed by atoms with Crippen molar-refractivity contribution in [1.29, 1.82) is 0 Å². The molecule has 3 atom stereocenters. The fraction of sp³-hybridized carbons (Fsp3) is 1.00. The zero-order chi connectivity index (χ0) is 12.3. The van der Waals surface area contributed by atoms with E-state index in [1.165, 1.54) is 12.8 Å². The summed E-state index contributed by atoms with van der Waals surface area (Å²) < 4.78 is 0. The van der Waals surface area contributed by atoms with E-state index >= 15 is 0 Å². The molecule has 0 heterocycles. The lowest BCUT2D eigenvalue weighted by Crippen LogP contribution is -2.57. The molecule has 1 heteroatoms. The Kier molecular flexibility index (Phi) is 2.76. The molecule has 5 aliphatic rings. The smallest absolute Gasteiger partial charge is 0.0127 e. The van der Waals surface area contributed by atoms with E-state index in [0.717, 1.165) is 47.6 Å². The van der Waals surface area contributed by atoms with E-state index in [9.17, 15) is 0 Å². The van der Waals surface area contributed by atoms with Gasteiger partial charge in [0, 0.05) is 12.1 Å². The van der Waals surface area contributed by atoms with Crippen LogP contribution in [-0.2, 0) is 0 Å². The first-order valence-electron chi connectivity index (χ1n) is 8.46. The molecule has 102 valence electrons. The Morgan fingerprint density at radius 1 is 0.778 bits per heavy atom. The van der Waals surface area contributed by atoms with Crippen molar-refractivity contribution in [2.45, 2.75) is 70.9 Å². The Balaban J connectivity index is 1.46. The Bertz CT molecular complexity index is 296. The second kappa shape index (κ2) is 4.23. The van der Waals surface area contributed by atoms with E-state index in [1.807, 2.05) is 0 Å². The summed E-state index contributed by atoms with van der Waals surface area (Å²) in [5.41, 5.74) is 0. The normalized spacial score (nSPS) is 58.3. The van der Waals surface area contributed by atoms with Crippen molar-refractivity contribution >= 4 is 0 Å². The predicted molar refractivity (Wildman–Crippen MR) is 75.3 cm³/mol. The van der Waals surface area contributed by atoms with E-state index in [2.05, 4.69) is 19.2 Å². The molecule has 0 aromatic rings. The van der Waals surface area contributed by atoms with E-state index in [0.29, 0.717) is 0 Å². The van der Waals surface area contributed by atoms with Gasteiger partial charge in [0.2, 0.25) is 0 Å². The number of rotatable bonds is 2. The highest BCUT2D eigenvalue weighted by Crippen LogP contribution is 2.54. The molecule has 18 heavy (non-hydrogen) atoms. The third-order valence-electron chi connectivity index (χ3n) is 7.10. The molecule has 5 aliphatic carbocycles. The minimum atomic E-state index is 0.836. The van der Waals surface area contributed by atoms with Gasteiger partial charge in [-0.3, -0.25) is 0 Å². The molecule has 0 amide bonds. The van der Waals surface area contributed by atoms with Crippen molar-refractivity contribution < 1.29 is 0 Å². The zero-order valence-electron chi connectivity index (χ0n) is 12.1. The van der Waals surface area contributed by atoms with Gasteiger partial charge in [-0.2, -0.15) is 0 Å². The van der Waals surface area contributed by atoms with Gasteiger partial charge in [-0.15, -0.1) is 0 Å². The van der Waals surface area contributed by atoms with E-state index in [4.69, 9.17) is 0 Å². The van der Waals surface area contributed by atoms with Gasteiger partial charge in [0.1, 0.15) is 0 Å². The lowest BCUT2D eigenvalue weighted by Gasteiger charge is -2.55. The Morgan fingerprint density at radius 2 is 1.39 bits per heavy atom. The van der Waals surface area contributed by atoms with Gasteiger partial charge in [-0.1, -0.05) is 13.8 Å². The highest BCUT2D eigenvalue weighted by Gasteiger charge is 2.49. The van der Waals surface area contributed by atoms with Crippen LogP contribution in [0.4, 0.5) is 0 Å². The average molecular weight is 247 g/mol. The van der Waals surface area contributed by atoms with Gasteiger partial charge >= 0.3 is 0 Å². The summed E-state index contributed by atoms with van der Waals surface area (Å²) in [7, 11) is 0. The third-order valence-corrected chi connectivity index (χ3v) is 7.10. The maximum atomic E-state index is 4.14.